The first-order chi connectivity index (χ1) is 11.2. The lowest BCUT2D eigenvalue weighted by molar-refractivity contribution is -0.128. The quantitative estimate of drug-likeness (QED) is 0.910. The summed E-state index contributed by atoms with van der Waals surface area (Å²) in [5.41, 5.74) is 0.649. The second kappa shape index (κ2) is 7.21. The molecular formula is C17H17FN2O3. The number of carbonyl (C=O) groups excluding carboxylic acids is 1. The van der Waals surface area contributed by atoms with Gasteiger partial charge in [-0.3, -0.25) is 4.79 Å². The van der Waals surface area contributed by atoms with Gasteiger partial charge in [-0.25, -0.2) is 4.39 Å². The summed E-state index contributed by atoms with van der Waals surface area (Å²) in [4.78, 5) is 12.0. The Morgan fingerprint density at radius 2 is 2.04 bits per heavy atom. The fourth-order valence-corrected chi connectivity index (χ4v) is 2.23. The number of amides is 1. The van der Waals surface area contributed by atoms with E-state index in [-0.39, 0.29) is 11.7 Å². The van der Waals surface area contributed by atoms with Crippen molar-refractivity contribution in [3.05, 3.63) is 54.3 Å². The monoisotopic (exact) mass is 316 g/mol. The van der Waals surface area contributed by atoms with Crippen LogP contribution in [-0.2, 0) is 9.53 Å². The minimum absolute atomic E-state index is 0.184. The van der Waals surface area contributed by atoms with Crippen LogP contribution in [0.5, 0.6) is 11.5 Å². The number of carbonyl (C=O) groups is 1. The van der Waals surface area contributed by atoms with Crippen molar-refractivity contribution in [1.82, 2.24) is 5.32 Å². The molecule has 2 aromatic carbocycles. The van der Waals surface area contributed by atoms with Crippen molar-refractivity contribution < 1.29 is 18.7 Å². The normalized spacial score (nSPS) is 17.5. The number of morpholine rings is 1. The highest BCUT2D eigenvalue weighted by molar-refractivity contribution is 5.94. The molecule has 5 nitrogen and oxygen atoms in total. The van der Waals surface area contributed by atoms with Gasteiger partial charge in [0.05, 0.1) is 6.61 Å². The first-order valence-electron chi connectivity index (χ1n) is 7.37. The molecule has 1 fully saturated rings. The Labute approximate surface area is 133 Å². The van der Waals surface area contributed by atoms with Crippen LogP contribution in [-0.4, -0.2) is 31.7 Å². The third-order valence-electron chi connectivity index (χ3n) is 3.37. The summed E-state index contributed by atoms with van der Waals surface area (Å²) < 4.78 is 24.0. The lowest BCUT2D eigenvalue weighted by atomic mass is 10.2. The maximum absolute atomic E-state index is 13.1. The molecule has 1 aliphatic rings. The summed E-state index contributed by atoms with van der Waals surface area (Å²) in [5.74, 6) is 0.441. The molecule has 1 aliphatic heterocycles. The zero-order valence-corrected chi connectivity index (χ0v) is 12.4. The van der Waals surface area contributed by atoms with Gasteiger partial charge in [-0.05, 0) is 36.4 Å². The number of hydrogen-bond donors (Lipinski definition) is 2. The molecule has 0 radical (unpaired) electrons. The SMILES string of the molecule is O=C(Nc1ccc(Oc2cccc(F)c2)cc1)C1CNCCO1. The molecule has 0 aliphatic carbocycles. The van der Waals surface area contributed by atoms with E-state index < -0.39 is 6.10 Å². The van der Waals surface area contributed by atoms with Crippen molar-refractivity contribution >= 4 is 11.6 Å². The summed E-state index contributed by atoms with van der Waals surface area (Å²) in [6.45, 7) is 1.79. The summed E-state index contributed by atoms with van der Waals surface area (Å²) in [6.07, 6.45) is -0.480. The third-order valence-corrected chi connectivity index (χ3v) is 3.37. The third kappa shape index (κ3) is 4.28. The molecule has 1 unspecified atom stereocenters. The lowest BCUT2D eigenvalue weighted by Crippen LogP contribution is -2.45. The standard InChI is InChI=1S/C17H17FN2O3/c18-12-2-1-3-15(10-12)23-14-6-4-13(5-7-14)20-17(21)16-11-19-8-9-22-16/h1-7,10,16,19H,8-9,11H2,(H,20,21). The number of hydrogen-bond acceptors (Lipinski definition) is 4. The van der Waals surface area contributed by atoms with Gasteiger partial charge in [-0.15, -0.1) is 0 Å². The molecule has 23 heavy (non-hydrogen) atoms. The Kier molecular flexibility index (Phi) is 4.85. The minimum Gasteiger partial charge on any atom is -0.457 e. The average molecular weight is 316 g/mol. The van der Waals surface area contributed by atoms with E-state index in [2.05, 4.69) is 10.6 Å². The highest BCUT2D eigenvalue weighted by Gasteiger charge is 2.21. The Morgan fingerprint density at radius 1 is 1.22 bits per heavy atom. The van der Waals surface area contributed by atoms with Crippen molar-refractivity contribution in [1.29, 1.82) is 0 Å². The molecule has 3 rings (SSSR count). The molecule has 6 heteroatoms. The number of halogens is 1. The van der Waals surface area contributed by atoms with Gasteiger partial charge < -0.3 is 20.1 Å². The van der Waals surface area contributed by atoms with Gasteiger partial charge in [0, 0.05) is 24.8 Å². The number of benzene rings is 2. The summed E-state index contributed by atoms with van der Waals surface area (Å²) in [7, 11) is 0. The molecule has 1 heterocycles. The minimum atomic E-state index is -0.480. The van der Waals surface area contributed by atoms with E-state index in [1.807, 2.05) is 0 Å². The van der Waals surface area contributed by atoms with Gasteiger partial charge >= 0.3 is 0 Å². The van der Waals surface area contributed by atoms with Gasteiger partial charge in [0.2, 0.25) is 0 Å². The first kappa shape index (κ1) is 15.5. The molecule has 0 aromatic heterocycles. The second-order valence-electron chi connectivity index (χ2n) is 5.14. The van der Waals surface area contributed by atoms with Gasteiger partial charge in [-0.1, -0.05) is 6.07 Å². The van der Waals surface area contributed by atoms with E-state index in [4.69, 9.17) is 9.47 Å². The van der Waals surface area contributed by atoms with E-state index in [0.717, 1.165) is 6.54 Å². The predicted molar refractivity (Wildman–Crippen MR) is 84.2 cm³/mol. The summed E-state index contributed by atoms with van der Waals surface area (Å²) >= 11 is 0. The molecule has 120 valence electrons. The zero-order valence-electron chi connectivity index (χ0n) is 12.4. The zero-order chi connectivity index (χ0) is 16.1. The van der Waals surface area contributed by atoms with Crippen LogP contribution in [0.1, 0.15) is 0 Å². The number of anilines is 1. The Balaban J connectivity index is 1.59. The first-order valence-corrected chi connectivity index (χ1v) is 7.37. The summed E-state index contributed by atoms with van der Waals surface area (Å²) in [6, 6.07) is 12.8. The molecule has 1 saturated heterocycles. The lowest BCUT2D eigenvalue weighted by Gasteiger charge is -2.22. The molecule has 2 aromatic rings. The smallest absolute Gasteiger partial charge is 0.254 e. The number of nitrogens with one attached hydrogen (secondary N) is 2. The van der Waals surface area contributed by atoms with Crippen molar-refractivity contribution in [3.63, 3.8) is 0 Å². The molecule has 0 saturated carbocycles. The highest BCUT2D eigenvalue weighted by Crippen LogP contribution is 2.23. The van der Waals surface area contributed by atoms with Crippen LogP contribution < -0.4 is 15.4 Å². The van der Waals surface area contributed by atoms with Gasteiger partial charge in [-0.2, -0.15) is 0 Å². The predicted octanol–water partition coefficient (Wildman–Crippen LogP) is 2.54. The van der Waals surface area contributed by atoms with Crippen LogP contribution >= 0.6 is 0 Å². The van der Waals surface area contributed by atoms with Gasteiger partial charge in [0.15, 0.2) is 0 Å². The second-order valence-corrected chi connectivity index (χ2v) is 5.14. The van der Waals surface area contributed by atoms with Gasteiger partial charge in [0.1, 0.15) is 23.4 Å². The summed E-state index contributed by atoms with van der Waals surface area (Å²) in [5, 5.41) is 5.90. The van der Waals surface area contributed by atoms with Crippen LogP contribution in [0.3, 0.4) is 0 Å². The molecule has 0 bridgehead atoms. The molecule has 1 amide bonds. The average Bonchev–Trinajstić information content (AvgIpc) is 2.57. The fraction of sp³-hybridized carbons (Fsp3) is 0.235. The van der Waals surface area contributed by atoms with Crippen LogP contribution in [0, 0.1) is 5.82 Å². The number of ether oxygens (including phenoxy) is 2. The van der Waals surface area contributed by atoms with Crippen LogP contribution in [0.15, 0.2) is 48.5 Å². The van der Waals surface area contributed by atoms with Crippen molar-refractivity contribution in [2.24, 2.45) is 0 Å². The van der Waals surface area contributed by atoms with Crippen molar-refractivity contribution in [2.75, 3.05) is 25.0 Å². The largest absolute Gasteiger partial charge is 0.457 e. The Bertz CT molecular complexity index is 670. The van der Waals surface area contributed by atoms with E-state index >= 15 is 0 Å². The van der Waals surface area contributed by atoms with E-state index in [9.17, 15) is 9.18 Å². The topological polar surface area (TPSA) is 59.6 Å². The number of rotatable bonds is 4. The van der Waals surface area contributed by atoms with E-state index in [1.54, 1.807) is 36.4 Å². The van der Waals surface area contributed by atoms with Crippen LogP contribution in [0.25, 0.3) is 0 Å². The van der Waals surface area contributed by atoms with Gasteiger partial charge in [0.25, 0.3) is 5.91 Å². The Hall–Kier alpha value is -2.44. The van der Waals surface area contributed by atoms with Crippen molar-refractivity contribution in [3.8, 4) is 11.5 Å². The fourth-order valence-electron chi connectivity index (χ4n) is 2.23. The molecule has 0 spiro atoms. The maximum atomic E-state index is 13.1. The highest BCUT2D eigenvalue weighted by atomic mass is 19.1. The van der Waals surface area contributed by atoms with Crippen LogP contribution in [0.2, 0.25) is 0 Å². The van der Waals surface area contributed by atoms with E-state index in [0.29, 0.717) is 30.3 Å². The molecule has 1 atom stereocenters. The maximum Gasteiger partial charge on any atom is 0.254 e. The van der Waals surface area contributed by atoms with Crippen LogP contribution in [0.4, 0.5) is 10.1 Å². The molecule has 2 N–H and O–H groups in total. The van der Waals surface area contributed by atoms with Crippen molar-refractivity contribution in [2.45, 2.75) is 6.10 Å². The Morgan fingerprint density at radius 3 is 2.74 bits per heavy atom. The van der Waals surface area contributed by atoms with E-state index in [1.165, 1.54) is 12.1 Å². The molecular weight excluding hydrogens is 299 g/mol.